The van der Waals surface area contributed by atoms with E-state index in [4.69, 9.17) is 4.74 Å². The molecule has 0 saturated heterocycles. The third-order valence-corrected chi connectivity index (χ3v) is 2.56. The van der Waals surface area contributed by atoms with Gasteiger partial charge >= 0.3 is 5.69 Å². The molecule has 1 aromatic rings. The van der Waals surface area contributed by atoms with Gasteiger partial charge in [0.05, 0.1) is 17.6 Å². The first kappa shape index (κ1) is 15.4. The lowest BCUT2D eigenvalue weighted by Crippen LogP contribution is -2.25. The van der Waals surface area contributed by atoms with Crippen LogP contribution in [-0.2, 0) is 0 Å². The molecule has 0 spiro atoms. The zero-order chi connectivity index (χ0) is 14.3. The Hall–Kier alpha value is -1.69. The second-order valence-electron chi connectivity index (χ2n) is 4.49. The van der Waals surface area contributed by atoms with E-state index in [9.17, 15) is 14.5 Å². The van der Waals surface area contributed by atoms with Crippen molar-refractivity contribution in [3.63, 3.8) is 0 Å². The van der Waals surface area contributed by atoms with E-state index in [0.717, 1.165) is 31.6 Å². The van der Waals surface area contributed by atoms with Crippen LogP contribution in [0.3, 0.4) is 0 Å². The number of hydrogen-bond donors (Lipinski definition) is 1. The largest absolute Gasteiger partial charge is 0.486 e. The summed E-state index contributed by atoms with van der Waals surface area (Å²) < 4.78 is 18.3. The highest BCUT2D eigenvalue weighted by molar-refractivity contribution is 5.46. The van der Waals surface area contributed by atoms with E-state index in [1.807, 2.05) is 6.92 Å². The molecule has 1 rings (SSSR count). The fourth-order valence-electron chi connectivity index (χ4n) is 1.57. The van der Waals surface area contributed by atoms with Crippen LogP contribution in [0.5, 0.6) is 5.75 Å². The highest BCUT2D eigenvalue weighted by atomic mass is 19.1. The number of halogens is 1. The Bertz CT molecular complexity index is 426. The Morgan fingerprint density at radius 2 is 2.26 bits per heavy atom. The smallest absolute Gasteiger partial charge is 0.313 e. The Morgan fingerprint density at radius 1 is 1.53 bits per heavy atom. The SMILES string of the molecule is CCCNCC(C)COc1ccc(F)cc1[N+](=O)[O-]. The monoisotopic (exact) mass is 270 g/mol. The molecule has 0 aliphatic heterocycles. The van der Waals surface area contributed by atoms with Crippen molar-refractivity contribution in [1.29, 1.82) is 0 Å². The number of nitrogens with zero attached hydrogens (tertiary/aromatic N) is 1. The van der Waals surface area contributed by atoms with Crippen LogP contribution in [0.25, 0.3) is 0 Å². The Labute approximate surface area is 111 Å². The van der Waals surface area contributed by atoms with Gasteiger partial charge in [0.2, 0.25) is 0 Å². The van der Waals surface area contributed by atoms with Crippen molar-refractivity contribution < 1.29 is 14.1 Å². The normalized spacial score (nSPS) is 12.2. The van der Waals surface area contributed by atoms with Crippen LogP contribution < -0.4 is 10.1 Å². The number of ether oxygens (including phenoxy) is 1. The van der Waals surface area contributed by atoms with Gasteiger partial charge in [-0.3, -0.25) is 10.1 Å². The molecule has 106 valence electrons. The minimum absolute atomic E-state index is 0.105. The van der Waals surface area contributed by atoms with Gasteiger partial charge < -0.3 is 10.1 Å². The van der Waals surface area contributed by atoms with E-state index in [0.29, 0.717) is 6.61 Å². The van der Waals surface area contributed by atoms with Gasteiger partial charge in [0.25, 0.3) is 0 Å². The quantitative estimate of drug-likeness (QED) is 0.448. The lowest BCUT2D eigenvalue weighted by molar-refractivity contribution is -0.386. The summed E-state index contributed by atoms with van der Waals surface area (Å²) in [5.74, 6) is -0.318. The molecule has 6 heteroatoms. The highest BCUT2D eigenvalue weighted by Crippen LogP contribution is 2.27. The highest BCUT2D eigenvalue weighted by Gasteiger charge is 2.16. The maximum atomic E-state index is 12.9. The summed E-state index contributed by atoms with van der Waals surface area (Å²) in [6.45, 7) is 6.13. The molecule has 1 atom stereocenters. The molecule has 5 nitrogen and oxygen atoms in total. The van der Waals surface area contributed by atoms with E-state index in [1.165, 1.54) is 6.07 Å². The van der Waals surface area contributed by atoms with Crippen LogP contribution in [0.2, 0.25) is 0 Å². The third-order valence-electron chi connectivity index (χ3n) is 2.56. The molecule has 0 bridgehead atoms. The van der Waals surface area contributed by atoms with Gasteiger partial charge in [-0.15, -0.1) is 0 Å². The summed E-state index contributed by atoms with van der Waals surface area (Å²) in [4.78, 5) is 10.1. The van der Waals surface area contributed by atoms with Crippen LogP contribution in [0.1, 0.15) is 20.3 Å². The molecule has 19 heavy (non-hydrogen) atoms. The summed E-state index contributed by atoms with van der Waals surface area (Å²) in [5.41, 5.74) is -0.339. The molecule has 0 saturated carbocycles. The molecule has 0 amide bonds. The molecular weight excluding hydrogens is 251 g/mol. The summed E-state index contributed by atoms with van der Waals surface area (Å²) in [5, 5.41) is 14.0. The number of nitrogens with one attached hydrogen (secondary N) is 1. The third kappa shape index (κ3) is 5.21. The maximum Gasteiger partial charge on any atom is 0.313 e. The number of rotatable bonds is 8. The first-order valence-corrected chi connectivity index (χ1v) is 6.32. The first-order valence-electron chi connectivity index (χ1n) is 6.32. The van der Waals surface area contributed by atoms with Crippen molar-refractivity contribution in [2.24, 2.45) is 5.92 Å². The van der Waals surface area contributed by atoms with E-state index in [-0.39, 0.29) is 17.4 Å². The van der Waals surface area contributed by atoms with Crippen LogP contribution in [-0.4, -0.2) is 24.6 Å². The van der Waals surface area contributed by atoms with Gasteiger partial charge in [-0.25, -0.2) is 4.39 Å². The van der Waals surface area contributed by atoms with Crippen molar-refractivity contribution in [2.75, 3.05) is 19.7 Å². The standard InChI is InChI=1S/C13H19FN2O3/c1-3-6-15-8-10(2)9-19-13-5-4-11(14)7-12(13)16(17)18/h4-5,7,10,15H,3,6,8-9H2,1-2H3. The lowest BCUT2D eigenvalue weighted by atomic mass is 10.2. The van der Waals surface area contributed by atoms with Crippen LogP contribution in [0, 0.1) is 21.8 Å². The zero-order valence-electron chi connectivity index (χ0n) is 11.2. The van der Waals surface area contributed by atoms with Gasteiger partial charge in [-0.1, -0.05) is 13.8 Å². The molecule has 1 aromatic carbocycles. The van der Waals surface area contributed by atoms with Gasteiger partial charge in [0.15, 0.2) is 5.75 Å². The van der Waals surface area contributed by atoms with E-state index in [2.05, 4.69) is 12.2 Å². The second-order valence-corrected chi connectivity index (χ2v) is 4.49. The van der Waals surface area contributed by atoms with Crippen molar-refractivity contribution in [3.8, 4) is 5.75 Å². The molecule has 0 fully saturated rings. The summed E-state index contributed by atoms with van der Waals surface area (Å²) >= 11 is 0. The fourth-order valence-corrected chi connectivity index (χ4v) is 1.57. The van der Waals surface area contributed by atoms with Crippen molar-refractivity contribution in [2.45, 2.75) is 20.3 Å². The second kappa shape index (κ2) is 7.68. The molecule has 0 aliphatic carbocycles. The minimum Gasteiger partial charge on any atom is -0.486 e. The van der Waals surface area contributed by atoms with Crippen LogP contribution in [0.4, 0.5) is 10.1 Å². The minimum atomic E-state index is -0.642. The zero-order valence-corrected chi connectivity index (χ0v) is 11.2. The van der Waals surface area contributed by atoms with Crippen molar-refractivity contribution >= 4 is 5.69 Å². The number of nitro groups is 1. The van der Waals surface area contributed by atoms with Crippen molar-refractivity contribution in [1.82, 2.24) is 5.32 Å². The van der Waals surface area contributed by atoms with E-state index in [1.54, 1.807) is 0 Å². The summed E-state index contributed by atoms with van der Waals surface area (Å²) in [6, 6.07) is 3.32. The fraction of sp³-hybridized carbons (Fsp3) is 0.538. The Kier molecular flexibility index (Phi) is 6.21. The molecule has 0 heterocycles. The van der Waals surface area contributed by atoms with Crippen LogP contribution in [0.15, 0.2) is 18.2 Å². The van der Waals surface area contributed by atoms with Gasteiger partial charge in [0, 0.05) is 12.5 Å². The maximum absolute atomic E-state index is 12.9. The first-order chi connectivity index (χ1) is 9.04. The summed E-state index contributed by atoms with van der Waals surface area (Å²) in [6.07, 6.45) is 1.05. The number of hydrogen-bond acceptors (Lipinski definition) is 4. The Morgan fingerprint density at radius 3 is 2.89 bits per heavy atom. The predicted octanol–water partition coefficient (Wildman–Crippen LogP) is 2.75. The van der Waals surface area contributed by atoms with E-state index >= 15 is 0 Å². The Balaban J connectivity index is 2.55. The van der Waals surface area contributed by atoms with Gasteiger partial charge in [-0.05, 0) is 25.1 Å². The van der Waals surface area contributed by atoms with Gasteiger partial charge in [-0.2, -0.15) is 0 Å². The summed E-state index contributed by atoms with van der Waals surface area (Å²) in [7, 11) is 0. The molecule has 0 aliphatic rings. The lowest BCUT2D eigenvalue weighted by Gasteiger charge is -2.13. The number of benzene rings is 1. The van der Waals surface area contributed by atoms with Gasteiger partial charge in [0.1, 0.15) is 5.82 Å². The molecule has 1 unspecified atom stereocenters. The average Bonchev–Trinajstić information content (AvgIpc) is 2.37. The number of nitro benzene ring substituents is 1. The predicted molar refractivity (Wildman–Crippen MR) is 70.9 cm³/mol. The molecule has 0 aromatic heterocycles. The van der Waals surface area contributed by atoms with Crippen molar-refractivity contribution in [3.05, 3.63) is 34.1 Å². The molecule has 1 N–H and O–H groups in total. The molecular formula is C13H19FN2O3. The topological polar surface area (TPSA) is 64.4 Å². The van der Waals surface area contributed by atoms with Crippen LogP contribution >= 0.6 is 0 Å². The molecule has 0 radical (unpaired) electrons. The van der Waals surface area contributed by atoms with E-state index < -0.39 is 10.7 Å². The average molecular weight is 270 g/mol.